The molecule has 0 fully saturated rings. The summed E-state index contributed by atoms with van der Waals surface area (Å²) in [6, 6.07) is 0. The predicted molar refractivity (Wildman–Crippen MR) is 94.3 cm³/mol. The van der Waals surface area contributed by atoms with Gasteiger partial charge in [-0.2, -0.15) is 0 Å². The number of unbranched alkanes of at least 4 members (excludes halogenated alkanes) is 1. The molecule has 0 bridgehead atoms. The van der Waals surface area contributed by atoms with Gasteiger partial charge < -0.3 is 4.79 Å². The van der Waals surface area contributed by atoms with Gasteiger partial charge in [0.2, 0.25) is 0 Å². The van der Waals surface area contributed by atoms with Crippen LogP contribution in [0, 0.1) is 11.3 Å². The topological polar surface area (TPSA) is 17.1 Å². The van der Waals surface area contributed by atoms with Gasteiger partial charge in [-0.05, 0) is 37.5 Å². The van der Waals surface area contributed by atoms with Crippen molar-refractivity contribution < 1.29 is 4.79 Å². The third-order valence-corrected chi connectivity index (χ3v) is 3.07. The van der Waals surface area contributed by atoms with Crippen LogP contribution in [0.2, 0.25) is 0 Å². The van der Waals surface area contributed by atoms with Crippen LogP contribution in [-0.2, 0) is 4.79 Å². The smallest absolute Gasteiger partial charge is 0.123 e. The Hall–Kier alpha value is -1.37. The van der Waals surface area contributed by atoms with Crippen LogP contribution in [0.15, 0.2) is 48.6 Å². The van der Waals surface area contributed by atoms with Crippen LogP contribution in [0.5, 0.6) is 0 Å². The molecule has 1 heteroatoms. The molecule has 1 atom stereocenters. The molecule has 1 unspecified atom stereocenters. The molecule has 0 saturated carbocycles. The summed E-state index contributed by atoms with van der Waals surface area (Å²) in [5, 5.41) is 0. The molecule has 0 aromatic carbocycles. The molecule has 0 heterocycles. The summed E-state index contributed by atoms with van der Waals surface area (Å²) < 4.78 is 0. The van der Waals surface area contributed by atoms with E-state index in [4.69, 9.17) is 0 Å². The van der Waals surface area contributed by atoms with Gasteiger partial charge in [0.25, 0.3) is 0 Å². The summed E-state index contributed by atoms with van der Waals surface area (Å²) in [5.74, 6) is 0.127. The molecule has 0 aliphatic rings. The summed E-state index contributed by atoms with van der Waals surface area (Å²) in [4.78, 5) is 10.4. The second kappa shape index (κ2) is 12.4. The maximum atomic E-state index is 10.4. The number of aldehydes is 1. The van der Waals surface area contributed by atoms with Crippen molar-refractivity contribution in [3.8, 4) is 0 Å². The summed E-state index contributed by atoms with van der Waals surface area (Å²) in [6.45, 7) is 8.76. The maximum absolute atomic E-state index is 10.4. The van der Waals surface area contributed by atoms with Crippen molar-refractivity contribution in [1.29, 1.82) is 0 Å². The molecule has 0 aliphatic carbocycles. The molecule has 0 aromatic rings. The second-order valence-corrected chi connectivity index (χ2v) is 6.74. The summed E-state index contributed by atoms with van der Waals surface area (Å²) in [5.41, 5.74) is 0.426. The van der Waals surface area contributed by atoms with Crippen LogP contribution in [-0.4, -0.2) is 6.29 Å². The van der Waals surface area contributed by atoms with Crippen LogP contribution in [0.25, 0.3) is 0 Å². The first-order valence-corrected chi connectivity index (χ1v) is 8.04. The van der Waals surface area contributed by atoms with Crippen molar-refractivity contribution in [2.75, 3.05) is 0 Å². The van der Waals surface area contributed by atoms with Gasteiger partial charge >= 0.3 is 0 Å². The van der Waals surface area contributed by atoms with E-state index in [1.165, 1.54) is 6.42 Å². The normalized spacial score (nSPS) is 14.9. The molecule has 118 valence electrons. The lowest BCUT2D eigenvalue weighted by molar-refractivity contribution is -0.110. The van der Waals surface area contributed by atoms with Gasteiger partial charge in [0, 0.05) is 5.92 Å². The van der Waals surface area contributed by atoms with Gasteiger partial charge in [-0.25, -0.2) is 0 Å². The molecule has 0 N–H and O–H groups in total. The Kier molecular flexibility index (Phi) is 11.6. The van der Waals surface area contributed by atoms with Gasteiger partial charge in [0.1, 0.15) is 6.29 Å². The molecule has 1 nitrogen and oxygen atoms in total. The van der Waals surface area contributed by atoms with Gasteiger partial charge in [-0.3, -0.25) is 0 Å². The lowest BCUT2D eigenvalue weighted by Gasteiger charge is -2.15. The maximum Gasteiger partial charge on any atom is 0.123 e. The van der Waals surface area contributed by atoms with E-state index >= 15 is 0 Å². The first kappa shape index (κ1) is 19.6. The van der Waals surface area contributed by atoms with Crippen LogP contribution >= 0.6 is 0 Å². The molecule has 21 heavy (non-hydrogen) atoms. The molecular weight excluding hydrogens is 256 g/mol. The minimum atomic E-state index is 0.127. The minimum Gasteiger partial charge on any atom is -0.303 e. The SMILES string of the molecule is CC(C=O)C/C=C/C=C/CC/C=C\C=C\CCC(C)(C)C. The number of carbonyl (C=O) groups is 1. The van der Waals surface area contributed by atoms with Crippen LogP contribution in [0.1, 0.15) is 59.8 Å². The Balaban J connectivity index is 3.59. The van der Waals surface area contributed by atoms with E-state index in [0.717, 1.165) is 32.0 Å². The lowest BCUT2D eigenvalue weighted by Crippen LogP contribution is -2.02. The first-order valence-electron chi connectivity index (χ1n) is 8.04. The van der Waals surface area contributed by atoms with E-state index in [-0.39, 0.29) is 5.92 Å². The van der Waals surface area contributed by atoms with Gasteiger partial charge in [-0.1, -0.05) is 76.3 Å². The highest BCUT2D eigenvalue weighted by atomic mass is 16.1. The zero-order chi connectivity index (χ0) is 16.0. The number of hydrogen-bond acceptors (Lipinski definition) is 1. The lowest BCUT2D eigenvalue weighted by atomic mass is 9.90. The number of rotatable bonds is 10. The zero-order valence-electron chi connectivity index (χ0n) is 14.2. The second-order valence-electron chi connectivity index (χ2n) is 6.74. The van der Waals surface area contributed by atoms with E-state index in [1.54, 1.807) is 0 Å². The molecule has 0 amide bonds. The van der Waals surface area contributed by atoms with Crippen molar-refractivity contribution in [3.63, 3.8) is 0 Å². The van der Waals surface area contributed by atoms with E-state index in [0.29, 0.717) is 5.41 Å². The number of allylic oxidation sites excluding steroid dienone is 8. The molecular formula is C20H32O. The quantitative estimate of drug-likeness (QED) is 0.272. The summed E-state index contributed by atoms with van der Waals surface area (Å²) >= 11 is 0. The molecule has 0 aromatic heterocycles. The Bertz CT molecular complexity index is 364. The van der Waals surface area contributed by atoms with E-state index in [1.807, 2.05) is 19.1 Å². The molecule has 0 saturated heterocycles. The Morgan fingerprint density at radius 1 is 0.810 bits per heavy atom. The standard InChI is InChI=1S/C20H32O/c1-19(18-21)16-14-12-10-8-6-5-7-9-11-13-15-17-20(2,3)4/h7-14,18-19H,5-6,15-17H2,1-4H3/b9-7-,10-8+,13-11+,14-12+. The van der Waals surface area contributed by atoms with Gasteiger partial charge in [0.05, 0.1) is 0 Å². The van der Waals surface area contributed by atoms with Gasteiger partial charge in [-0.15, -0.1) is 0 Å². The Labute approximate surface area is 131 Å². The summed E-state index contributed by atoms with van der Waals surface area (Å²) in [6.07, 6.45) is 23.4. The fourth-order valence-corrected chi connectivity index (χ4v) is 1.66. The first-order chi connectivity index (χ1) is 9.95. The number of hydrogen-bond donors (Lipinski definition) is 0. The Morgan fingerprint density at radius 3 is 1.76 bits per heavy atom. The van der Waals surface area contributed by atoms with E-state index in [2.05, 4.69) is 57.2 Å². The van der Waals surface area contributed by atoms with Gasteiger partial charge in [0.15, 0.2) is 0 Å². The zero-order valence-corrected chi connectivity index (χ0v) is 14.2. The molecule has 0 rings (SSSR count). The van der Waals surface area contributed by atoms with Crippen molar-refractivity contribution in [3.05, 3.63) is 48.6 Å². The van der Waals surface area contributed by atoms with Crippen molar-refractivity contribution in [2.45, 2.75) is 59.8 Å². The third-order valence-electron chi connectivity index (χ3n) is 3.07. The van der Waals surface area contributed by atoms with Crippen molar-refractivity contribution in [1.82, 2.24) is 0 Å². The molecule has 0 spiro atoms. The molecule has 0 radical (unpaired) electrons. The highest BCUT2D eigenvalue weighted by Crippen LogP contribution is 2.20. The van der Waals surface area contributed by atoms with Crippen LogP contribution in [0.3, 0.4) is 0 Å². The number of carbonyl (C=O) groups excluding carboxylic acids is 1. The fraction of sp³-hybridized carbons (Fsp3) is 0.550. The van der Waals surface area contributed by atoms with Crippen molar-refractivity contribution in [2.24, 2.45) is 11.3 Å². The van der Waals surface area contributed by atoms with E-state index in [9.17, 15) is 4.79 Å². The monoisotopic (exact) mass is 288 g/mol. The minimum absolute atomic E-state index is 0.127. The summed E-state index contributed by atoms with van der Waals surface area (Å²) in [7, 11) is 0. The average Bonchev–Trinajstić information content (AvgIpc) is 2.42. The highest BCUT2D eigenvalue weighted by molar-refractivity contribution is 5.53. The molecule has 0 aliphatic heterocycles. The fourth-order valence-electron chi connectivity index (χ4n) is 1.66. The van der Waals surface area contributed by atoms with E-state index < -0.39 is 0 Å². The van der Waals surface area contributed by atoms with Crippen molar-refractivity contribution >= 4 is 6.29 Å². The van der Waals surface area contributed by atoms with Crippen LogP contribution in [0.4, 0.5) is 0 Å². The Morgan fingerprint density at radius 2 is 1.29 bits per heavy atom. The highest BCUT2D eigenvalue weighted by Gasteiger charge is 2.07. The predicted octanol–water partition coefficient (Wildman–Crippen LogP) is 6.04. The largest absolute Gasteiger partial charge is 0.303 e. The third kappa shape index (κ3) is 16.6. The average molecular weight is 288 g/mol. The van der Waals surface area contributed by atoms with Crippen LogP contribution < -0.4 is 0 Å².